The molecule has 0 atom stereocenters. The van der Waals surface area contributed by atoms with Crippen LogP contribution in [0.25, 0.3) is 0 Å². The molecule has 0 heterocycles. The van der Waals surface area contributed by atoms with Crippen LogP contribution < -0.4 is 11.5 Å². The average molecular weight is 152 g/mol. The van der Waals surface area contributed by atoms with Crippen LogP contribution in [0.5, 0.6) is 0 Å². The predicted octanol–water partition coefficient (Wildman–Crippen LogP) is -0.839. The first-order chi connectivity index (χ1) is 3.77. The largest absolute Gasteiger partial charge is 0.412 e. The lowest BCUT2D eigenvalue weighted by atomic mass is 10.2. The highest BCUT2D eigenvalue weighted by Crippen LogP contribution is 1.97. The van der Waals surface area contributed by atoms with E-state index in [0.29, 0.717) is 0 Å². The summed E-state index contributed by atoms with van der Waals surface area (Å²) in [5.41, 5.74) is 10.6. The van der Waals surface area contributed by atoms with Gasteiger partial charge >= 0.3 is 0 Å². The third-order valence-corrected chi connectivity index (χ3v) is 1.14. The summed E-state index contributed by atoms with van der Waals surface area (Å²) in [5.74, 6) is 0. The molecule has 0 rings (SSSR count). The molecule has 0 bridgehead atoms. The number of hydrogen-bond donors (Lipinski definition) is 2. The minimum absolute atomic E-state index is 0. The van der Waals surface area contributed by atoms with Crippen molar-refractivity contribution in [2.24, 2.45) is 11.5 Å². The smallest absolute Gasteiger partial charge is 0.0520 e. The Balaban J connectivity index is -0.000000245. The summed E-state index contributed by atoms with van der Waals surface area (Å²) in [6.07, 6.45) is 4.54. The Kier molecular flexibility index (Phi) is 19.1. The van der Waals surface area contributed by atoms with E-state index >= 15 is 0 Å². The summed E-state index contributed by atoms with van der Waals surface area (Å²) in [7, 11) is 0. The molecule has 0 aromatic heterocycles. The van der Waals surface area contributed by atoms with Crippen LogP contribution >= 0.6 is 0 Å². The Hall–Kier alpha value is -0.160. The van der Waals surface area contributed by atoms with Gasteiger partial charge in [0.1, 0.15) is 0 Å². The molecule has 8 N–H and O–H groups in total. The van der Waals surface area contributed by atoms with Gasteiger partial charge in [-0.15, -0.1) is 0 Å². The second-order valence-corrected chi connectivity index (χ2v) is 2.16. The molecule has 10 heavy (non-hydrogen) atoms. The lowest BCUT2D eigenvalue weighted by molar-refractivity contribution is 0.575. The number of unbranched alkanes of at least 4 members (excludes halogenated alkanes) is 2. The maximum Gasteiger partial charge on any atom is 0.0520 e. The van der Waals surface area contributed by atoms with Gasteiger partial charge in [0.2, 0.25) is 0 Å². The van der Waals surface area contributed by atoms with Crippen molar-refractivity contribution in [3.8, 4) is 0 Å². The lowest BCUT2D eigenvalue weighted by Gasteiger charge is -2.01. The first-order valence-corrected chi connectivity index (χ1v) is 3.28. The van der Waals surface area contributed by atoms with Gasteiger partial charge in [-0.05, 0) is 6.42 Å². The molecular formula is C6H20N2O2. The normalized spacial score (nSPS) is 8.40. The molecule has 0 amide bonds. The molecule has 4 nitrogen and oxygen atoms in total. The first-order valence-electron chi connectivity index (χ1n) is 3.28. The van der Waals surface area contributed by atoms with Crippen LogP contribution in [-0.2, 0) is 0 Å². The highest BCUT2D eigenvalue weighted by molar-refractivity contribution is 4.49. The van der Waals surface area contributed by atoms with Crippen molar-refractivity contribution < 1.29 is 11.0 Å². The van der Waals surface area contributed by atoms with Crippen molar-refractivity contribution in [2.45, 2.75) is 38.8 Å². The summed E-state index contributed by atoms with van der Waals surface area (Å²) >= 11 is 0. The first kappa shape index (κ1) is 16.4. The van der Waals surface area contributed by atoms with Crippen LogP contribution in [0.3, 0.4) is 0 Å². The molecule has 0 radical (unpaired) electrons. The van der Waals surface area contributed by atoms with Gasteiger partial charge in [0.05, 0.1) is 6.17 Å². The monoisotopic (exact) mass is 152 g/mol. The molecule has 0 aliphatic heterocycles. The molecule has 66 valence electrons. The second-order valence-electron chi connectivity index (χ2n) is 2.16. The standard InChI is InChI=1S/C6H16N2.2H2O/c1-2-3-4-5-6(7)8;;/h6H,2-5,7-8H2,1H3;2*1H2. The zero-order chi connectivity index (χ0) is 6.41. The summed E-state index contributed by atoms with van der Waals surface area (Å²) in [4.78, 5) is 0. The van der Waals surface area contributed by atoms with E-state index in [4.69, 9.17) is 11.5 Å². The van der Waals surface area contributed by atoms with Crippen molar-refractivity contribution in [2.75, 3.05) is 0 Å². The fraction of sp³-hybridized carbons (Fsp3) is 1.00. The minimum Gasteiger partial charge on any atom is -0.412 e. The van der Waals surface area contributed by atoms with E-state index in [1.807, 2.05) is 0 Å². The molecule has 0 unspecified atom stereocenters. The minimum atomic E-state index is -0.0958. The molecule has 0 spiro atoms. The Morgan fingerprint density at radius 2 is 1.60 bits per heavy atom. The van der Waals surface area contributed by atoms with E-state index in [0.717, 1.165) is 6.42 Å². The van der Waals surface area contributed by atoms with Crippen molar-refractivity contribution >= 4 is 0 Å². The summed E-state index contributed by atoms with van der Waals surface area (Å²) in [6.45, 7) is 2.17. The van der Waals surface area contributed by atoms with Crippen LogP contribution in [0.2, 0.25) is 0 Å². The van der Waals surface area contributed by atoms with E-state index in [9.17, 15) is 0 Å². The van der Waals surface area contributed by atoms with Crippen molar-refractivity contribution in [1.82, 2.24) is 0 Å². The van der Waals surface area contributed by atoms with E-state index in [-0.39, 0.29) is 17.1 Å². The molecule has 0 saturated carbocycles. The summed E-state index contributed by atoms with van der Waals surface area (Å²) in [6, 6.07) is 0. The Morgan fingerprint density at radius 3 is 1.90 bits per heavy atom. The molecule has 0 aromatic rings. The van der Waals surface area contributed by atoms with Crippen LogP contribution in [0.1, 0.15) is 32.6 Å². The molecule has 4 heteroatoms. The number of nitrogens with two attached hydrogens (primary N) is 2. The van der Waals surface area contributed by atoms with Crippen molar-refractivity contribution in [3.63, 3.8) is 0 Å². The van der Waals surface area contributed by atoms with Gasteiger partial charge in [0.15, 0.2) is 0 Å². The van der Waals surface area contributed by atoms with Crippen LogP contribution in [0.15, 0.2) is 0 Å². The quantitative estimate of drug-likeness (QED) is 0.404. The van der Waals surface area contributed by atoms with Crippen LogP contribution in [0.4, 0.5) is 0 Å². The molecule has 0 saturated heterocycles. The van der Waals surface area contributed by atoms with E-state index in [1.165, 1.54) is 19.3 Å². The zero-order valence-corrected chi connectivity index (χ0v) is 6.56. The third kappa shape index (κ3) is 15.7. The van der Waals surface area contributed by atoms with Crippen molar-refractivity contribution in [1.29, 1.82) is 0 Å². The Bertz CT molecular complexity index is 51.0. The maximum absolute atomic E-state index is 5.31. The van der Waals surface area contributed by atoms with Crippen LogP contribution in [0, 0.1) is 0 Å². The van der Waals surface area contributed by atoms with E-state index in [1.54, 1.807) is 0 Å². The Labute approximate surface area is 62.2 Å². The van der Waals surface area contributed by atoms with Crippen LogP contribution in [-0.4, -0.2) is 17.1 Å². The SMILES string of the molecule is CCCCCC(N)N.O.O. The Morgan fingerprint density at radius 1 is 1.10 bits per heavy atom. The van der Waals surface area contributed by atoms with Crippen molar-refractivity contribution in [3.05, 3.63) is 0 Å². The van der Waals surface area contributed by atoms with E-state index < -0.39 is 0 Å². The van der Waals surface area contributed by atoms with Gasteiger partial charge in [-0.25, -0.2) is 0 Å². The fourth-order valence-electron chi connectivity index (χ4n) is 0.630. The predicted molar refractivity (Wildman–Crippen MR) is 43.5 cm³/mol. The zero-order valence-electron chi connectivity index (χ0n) is 6.56. The van der Waals surface area contributed by atoms with Gasteiger partial charge in [0.25, 0.3) is 0 Å². The number of hydrogen-bond acceptors (Lipinski definition) is 2. The van der Waals surface area contributed by atoms with Gasteiger partial charge in [-0.2, -0.15) is 0 Å². The third-order valence-electron chi connectivity index (χ3n) is 1.14. The topological polar surface area (TPSA) is 115 Å². The van der Waals surface area contributed by atoms with E-state index in [2.05, 4.69) is 6.92 Å². The molecule has 0 fully saturated rings. The number of rotatable bonds is 4. The average Bonchev–Trinajstić information content (AvgIpc) is 1.66. The van der Waals surface area contributed by atoms with Gasteiger partial charge < -0.3 is 22.4 Å². The van der Waals surface area contributed by atoms with Gasteiger partial charge in [0, 0.05) is 0 Å². The maximum atomic E-state index is 5.31. The fourth-order valence-corrected chi connectivity index (χ4v) is 0.630. The summed E-state index contributed by atoms with van der Waals surface area (Å²) in [5, 5.41) is 0. The molecule has 0 aliphatic rings. The summed E-state index contributed by atoms with van der Waals surface area (Å²) < 4.78 is 0. The second kappa shape index (κ2) is 11.6. The highest BCUT2D eigenvalue weighted by Gasteiger charge is 1.90. The molecular weight excluding hydrogens is 132 g/mol. The van der Waals surface area contributed by atoms with Gasteiger partial charge in [-0.3, -0.25) is 0 Å². The molecule has 0 aliphatic carbocycles. The lowest BCUT2D eigenvalue weighted by Crippen LogP contribution is -2.29. The highest BCUT2D eigenvalue weighted by atomic mass is 16.0. The van der Waals surface area contributed by atoms with Gasteiger partial charge in [-0.1, -0.05) is 26.2 Å². The molecule has 0 aromatic carbocycles.